The average molecular weight is 588 g/mol. The first-order valence-corrected chi connectivity index (χ1v) is 14.5. The number of aromatic amines is 1. The predicted molar refractivity (Wildman–Crippen MR) is 158 cm³/mol. The summed E-state index contributed by atoms with van der Waals surface area (Å²) >= 11 is 0. The fraction of sp³-hybridized carbons (Fsp3) is 0.167. The van der Waals surface area contributed by atoms with Gasteiger partial charge >= 0.3 is 5.97 Å². The monoisotopic (exact) mass is 587 g/mol. The van der Waals surface area contributed by atoms with Crippen molar-refractivity contribution in [1.29, 1.82) is 0 Å². The smallest absolute Gasteiger partial charge is 0.328 e. The number of methoxy groups -OCH3 is 1. The van der Waals surface area contributed by atoms with Crippen LogP contribution in [0.15, 0.2) is 94.7 Å². The van der Waals surface area contributed by atoms with Crippen molar-refractivity contribution in [3.05, 3.63) is 112 Å². The molecule has 3 aromatic carbocycles. The second-order valence-electron chi connectivity index (χ2n) is 9.68. The van der Waals surface area contributed by atoms with Gasteiger partial charge < -0.3 is 15.0 Å². The van der Waals surface area contributed by atoms with Crippen molar-refractivity contribution >= 4 is 38.5 Å². The first-order chi connectivity index (χ1) is 20.1. The number of carbonyl (C=O) groups excluding carboxylic acids is 2. The number of H-pyrrole nitrogens is 1. The van der Waals surface area contributed by atoms with Crippen LogP contribution in [-0.4, -0.2) is 47.8 Å². The van der Waals surface area contributed by atoms with Crippen molar-refractivity contribution in [3.63, 3.8) is 0 Å². The number of nitrogens with one attached hydrogen (secondary N) is 3. The Morgan fingerprint density at radius 1 is 0.976 bits per heavy atom. The molecule has 3 N–H and O–H groups in total. The van der Waals surface area contributed by atoms with E-state index < -0.39 is 33.5 Å². The molecule has 0 bridgehead atoms. The first kappa shape index (κ1) is 28.4. The van der Waals surface area contributed by atoms with E-state index in [-0.39, 0.29) is 22.6 Å². The molecule has 0 aliphatic carbocycles. The van der Waals surface area contributed by atoms with Crippen molar-refractivity contribution in [2.24, 2.45) is 7.05 Å². The molecule has 0 fully saturated rings. The van der Waals surface area contributed by atoms with Gasteiger partial charge in [-0.3, -0.25) is 19.0 Å². The van der Waals surface area contributed by atoms with Crippen LogP contribution in [0.5, 0.6) is 0 Å². The third-order valence-electron chi connectivity index (χ3n) is 7.11. The number of aromatic nitrogens is 3. The second-order valence-corrected chi connectivity index (χ2v) is 11.4. The lowest BCUT2D eigenvalue weighted by Gasteiger charge is -2.16. The summed E-state index contributed by atoms with van der Waals surface area (Å²) < 4.78 is 36.6. The number of sulfonamides is 1. The molecule has 2 heterocycles. The van der Waals surface area contributed by atoms with E-state index in [2.05, 4.69) is 15.0 Å². The van der Waals surface area contributed by atoms with Crippen LogP contribution in [0.2, 0.25) is 0 Å². The molecule has 216 valence electrons. The topological polar surface area (TPSA) is 144 Å². The Bertz CT molecular complexity index is 1940. The highest BCUT2D eigenvalue weighted by Gasteiger charge is 2.25. The number of fused-ring (bicyclic) bond motifs is 1. The van der Waals surface area contributed by atoms with Gasteiger partial charge in [-0.15, -0.1) is 0 Å². The Kier molecular flexibility index (Phi) is 7.72. The minimum atomic E-state index is -4.17. The molecule has 5 rings (SSSR count). The Balaban J connectivity index is 1.34. The third-order valence-corrected chi connectivity index (χ3v) is 8.47. The summed E-state index contributed by atoms with van der Waals surface area (Å²) in [5.74, 6) is -1.19. The van der Waals surface area contributed by atoms with Crippen molar-refractivity contribution in [3.8, 4) is 5.69 Å². The minimum Gasteiger partial charge on any atom is -0.467 e. The first-order valence-electron chi connectivity index (χ1n) is 13.0. The zero-order valence-electron chi connectivity index (χ0n) is 23.1. The Morgan fingerprint density at radius 2 is 1.64 bits per heavy atom. The summed E-state index contributed by atoms with van der Waals surface area (Å²) in [5, 5.41) is 3.61. The Labute approximate surface area is 241 Å². The van der Waals surface area contributed by atoms with Gasteiger partial charge in [-0.1, -0.05) is 36.4 Å². The van der Waals surface area contributed by atoms with Gasteiger partial charge in [0, 0.05) is 36.1 Å². The molecule has 1 atom stereocenters. The maximum atomic E-state index is 13.2. The Hall–Kier alpha value is -5.10. The van der Waals surface area contributed by atoms with Crippen LogP contribution in [0.25, 0.3) is 16.6 Å². The van der Waals surface area contributed by atoms with E-state index in [0.717, 1.165) is 16.5 Å². The molecule has 12 heteroatoms. The number of rotatable bonds is 9. The standard InChI is InChI=1S/C30H29N5O6S/c1-19-27(29(37)35(34(19)2)22-9-5-4-6-10-22)33-42(39,40)23-15-13-20(14-16-23)28(36)32-26(30(38)41-3)17-21-18-31-25-12-8-7-11-24(21)25/h4-16,18,26,31,33H,17H2,1-3H3,(H,32,36). The molecule has 42 heavy (non-hydrogen) atoms. The van der Waals surface area contributed by atoms with Crippen LogP contribution < -0.4 is 15.6 Å². The van der Waals surface area contributed by atoms with Gasteiger partial charge in [0.25, 0.3) is 21.5 Å². The second kappa shape index (κ2) is 11.4. The summed E-state index contributed by atoms with van der Waals surface area (Å²) in [6, 6.07) is 20.7. The highest BCUT2D eigenvalue weighted by molar-refractivity contribution is 7.92. The maximum Gasteiger partial charge on any atom is 0.328 e. The van der Waals surface area contributed by atoms with Crippen molar-refractivity contribution in [2.45, 2.75) is 24.3 Å². The molecule has 1 amide bonds. The third kappa shape index (κ3) is 5.44. The lowest BCUT2D eigenvalue weighted by Crippen LogP contribution is -2.43. The maximum absolute atomic E-state index is 13.2. The molecule has 0 radical (unpaired) electrons. The molecule has 5 aromatic rings. The van der Waals surface area contributed by atoms with Crippen LogP contribution in [0.4, 0.5) is 5.69 Å². The van der Waals surface area contributed by atoms with Gasteiger partial charge in [0.2, 0.25) is 0 Å². The molecule has 1 unspecified atom stereocenters. The van der Waals surface area contributed by atoms with Crippen LogP contribution in [0.1, 0.15) is 21.6 Å². The van der Waals surface area contributed by atoms with E-state index >= 15 is 0 Å². The lowest BCUT2D eigenvalue weighted by atomic mass is 10.0. The van der Waals surface area contributed by atoms with Crippen LogP contribution >= 0.6 is 0 Å². The highest BCUT2D eigenvalue weighted by Crippen LogP contribution is 2.21. The number of hydrogen-bond donors (Lipinski definition) is 3. The zero-order valence-corrected chi connectivity index (χ0v) is 23.9. The van der Waals surface area contributed by atoms with Gasteiger partial charge in [0.1, 0.15) is 11.7 Å². The highest BCUT2D eigenvalue weighted by atomic mass is 32.2. The van der Waals surface area contributed by atoms with Gasteiger partial charge in [0.15, 0.2) is 0 Å². The number of amides is 1. The van der Waals surface area contributed by atoms with Gasteiger partial charge in [-0.2, -0.15) is 0 Å². The Morgan fingerprint density at radius 3 is 2.33 bits per heavy atom. The number of esters is 1. The summed E-state index contributed by atoms with van der Waals surface area (Å²) in [4.78, 5) is 41.7. The summed E-state index contributed by atoms with van der Waals surface area (Å²) in [7, 11) is -1.26. The number of carbonyl (C=O) groups is 2. The van der Waals surface area contributed by atoms with E-state index in [0.29, 0.717) is 11.4 Å². The quantitative estimate of drug-likeness (QED) is 0.226. The summed E-state index contributed by atoms with van der Waals surface area (Å²) in [5.41, 5.74) is 2.28. The number of nitrogens with zero attached hydrogens (tertiary/aromatic N) is 2. The van der Waals surface area contributed by atoms with E-state index in [9.17, 15) is 22.8 Å². The molecule has 0 spiro atoms. The van der Waals surface area contributed by atoms with Crippen molar-refractivity contribution < 1.29 is 22.7 Å². The number of benzene rings is 3. The SMILES string of the molecule is COC(=O)C(Cc1c[nH]c2ccccc12)NC(=O)c1ccc(S(=O)(=O)Nc2c(C)n(C)n(-c3ccccc3)c2=O)cc1. The number of ether oxygens (including phenoxy) is 1. The normalized spacial score (nSPS) is 12.2. The average Bonchev–Trinajstić information content (AvgIpc) is 3.50. The number of anilines is 1. The lowest BCUT2D eigenvalue weighted by molar-refractivity contribution is -0.142. The summed E-state index contributed by atoms with van der Waals surface area (Å²) in [6.07, 6.45) is 1.97. The molecular formula is C30H29N5O6S. The van der Waals surface area contributed by atoms with Crippen molar-refractivity contribution in [2.75, 3.05) is 11.8 Å². The van der Waals surface area contributed by atoms with Crippen LogP contribution in [0.3, 0.4) is 0 Å². The number of hydrogen-bond acceptors (Lipinski definition) is 6. The molecule has 0 saturated carbocycles. The van der Waals surface area contributed by atoms with Gasteiger partial charge in [0.05, 0.1) is 23.4 Å². The fourth-order valence-electron chi connectivity index (χ4n) is 4.76. The molecule has 2 aromatic heterocycles. The largest absolute Gasteiger partial charge is 0.467 e. The molecule has 0 aliphatic rings. The molecule has 0 saturated heterocycles. The zero-order chi connectivity index (χ0) is 30.0. The van der Waals surface area contributed by atoms with Crippen molar-refractivity contribution in [1.82, 2.24) is 19.7 Å². The number of para-hydroxylation sites is 2. The fourth-order valence-corrected chi connectivity index (χ4v) is 5.88. The van der Waals surface area contributed by atoms with E-state index in [1.54, 1.807) is 49.1 Å². The minimum absolute atomic E-state index is 0.0821. The van der Waals surface area contributed by atoms with E-state index in [1.165, 1.54) is 36.1 Å². The molecule has 11 nitrogen and oxygen atoms in total. The van der Waals surface area contributed by atoms with Crippen LogP contribution in [-0.2, 0) is 33.0 Å². The van der Waals surface area contributed by atoms with Crippen LogP contribution in [0, 0.1) is 6.92 Å². The summed E-state index contributed by atoms with van der Waals surface area (Å²) in [6.45, 7) is 1.64. The van der Waals surface area contributed by atoms with E-state index in [4.69, 9.17) is 4.74 Å². The predicted octanol–water partition coefficient (Wildman–Crippen LogP) is 3.28. The molecule has 0 aliphatic heterocycles. The van der Waals surface area contributed by atoms with Gasteiger partial charge in [-0.05, 0) is 55.0 Å². The van der Waals surface area contributed by atoms with E-state index in [1.807, 2.05) is 30.3 Å². The van der Waals surface area contributed by atoms with Gasteiger partial charge in [-0.25, -0.2) is 17.9 Å². The molecular weight excluding hydrogens is 558 g/mol.